The first-order valence-corrected chi connectivity index (χ1v) is 11.3. The lowest BCUT2D eigenvalue weighted by molar-refractivity contribution is -0.163. The van der Waals surface area contributed by atoms with Gasteiger partial charge < -0.3 is 4.74 Å². The van der Waals surface area contributed by atoms with Crippen molar-refractivity contribution < 1.29 is 27.1 Å². The number of halogens is 4. The van der Waals surface area contributed by atoms with Gasteiger partial charge >= 0.3 is 12.4 Å². The van der Waals surface area contributed by atoms with Crippen LogP contribution in [0.15, 0.2) is 18.2 Å². The Hall–Kier alpha value is -1.59. The normalized spacial score (nSPS) is 27.2. The van der Waals surface area contributed by atoms with Crippen LogP contribution in [-0.4, -0.2) is 25.2 Å². The zero-order valence-electron chi connectivity index (χ0n) is 17.4. The Balaban J connectivity index is 1.50. The third kappa shape index (κ3) is 6.21. The second-order valence-electron chi connectivity index (χ2n) is 8.89. The van der Waals surface area contributed by atoms with Crippen LogP contribution in [0.25, 0.3) is 0 Å². The lowest BCUT2D eigenvalue weighted by atomic mass is 9.76. The minimum atomic E-state index is -3.10. The van der Waals surface area contributed by atoms with Gasteiger partial charge in [0.15, 0.2) is 0 Å². The minimum absolute atomic E-state index is 0.0341. The number of ether oxygens (including phenoxy) is 1. The van der Waals surface area contributed by atoms with Crippen molar-refractivity contribution in [2.24, 2.45) is 5.92 Å². The topological polar surface area (TPSA) is 26.3 Å². The van der Waals surface area contributed by atoms with Crippen LogP contribution in [-0.2, 0) is 9.53 Å². The number of rotatable bonds is 8. The average molecular weight is 429 g/mol. The SMILES string of the molecule is O=C(OC1CCC(c2ccc(C3CCC(CCCCF)CC3)cc2F)CC1)C(F)F. The molecule has 6 heteroatoms. The highest BCUT2D eigenvalue weighted by Crippen LogP contribution is 2.40. The van der Waals surface area contributed by atoms with Gasteiger partial charge in [-0.05, 0) is 92.7 Å². The number of hydrogen-bond donors (Lipinski definition) is 0. The summed E-state index contributed by atoms with van der Waals surface area (Å²) in [6.45, 7) is -0.233. The van der Waals surface area contributed by atoms with Crippen LogP contribution in [0.5, 0.6) is 0 Å². The summed E-state index contributed by atoms with van der Waals surface area (Å²) in [7, 11) is 0. The average Bonchev–Trinajstić information content (AvgIpc) is 2.75. The second-order valence-corrected chi connectivity index (χ2v) is 8.89. The Morgan fingerprint density at radius 3 is 2.23 bits per heavy atom. The molecule has 1 aromatic carbocycles. The predicted octanol–water partition coefficient (Wildman–Crippen LogP) is 7.07. The summed E-state index contributed by atoms with van der Waals surface area (Å²) in [4.78, 5) is 11.0. The van der Waals surface area contributed by atoms with Crippen LogP contribution in [0.2, 0.25) is 0 Å². The fourth-order valence-corrected chi connectivity index (χ4v) is 5.15. The van der Waals surface area contributed by atoms with E-state index >= 15 is 0 Å². The van der Waals surface area contributed by atoms with Crippen molar-refractivity contribution in [3.05, 3.63) is 35.1 Å². The molecule has 2 saturated carbocycles. The molecule has 0 unspecified atom stereocenters. The van der Waals surface area contributed by atoms with Gasteiger partial charge in [-0.1, -0.05) is 25.0 Å². The first kappa shape index (κ1) is 23.1. The third-order valence-electron chi connectivity index (χ3n) is 6.91. The van der Waals surface area contributed by atoms with Gasteiger partial charge in [0.25, 0.3) is 0 Å². The molecular weight excluding hydrogens is 396 g/mol. The van der Waals surface area contributed by atoms with Crippen molar-refractivity contribution in [3.8, 4) is 0 Å². The first-order chi connectivity index (χ1) is 14.5. The molecule has 2 aliphatic rings. The number of carbonyl (C=O) groups excluding carboxylic acids is 1. The van der Waals surface area contributed by atoms with E-state index in [0.29, 0.717) is 49.5 Å². The van der Waals surface area contributed by atoms with E-state index in [1.807, 2.05) is 12.1 Å². The van der Waals surface area contributed by atoms with Gasteiger partial charge in [0.1, 0.15) is 11.9 Å². The Bertz CT molecular complexity index is 678. The molecule has 0 amide bonds. The molecule has 168 valence electrons. The number of hydrogen-bond acceptors (Lipinski definition) is 2. The Morgan fingerprint density at radius 2 is 1.63 bits per heavy atom. The number of alkyl halides is 3. The molecule has 0 bridgehead atoms. The first-order valence-electron chi connectivity index (χ1n) is 11.3. The fourth-order valence-electron chi connectivity index (χ4n) is 5.15. The van der Waals surface area contributed by atoms with E-state index in [4.69, 9.17) is 4.74 Å². The summed E-state index contributed by atoms with van der Waals surface area (Å²) in [5.74, 6) is -0.565. The molecule has 2 nitrogen and oxygen atoms in total. The number of carbonyl (C=O) groups is 1. The van der Waals surface area contributed by atoms with Crippen molar-refractivity contribution in [1.82, 2.24) is 0 Å². The van der Waals surface area contributed by atoms with Crippen LogP contribution in [0.4, 0.5) is 17.6 Å². The van der Waals surface area contributed by atoms with Crippen molar-refractivity contribution >= 4 is 5.97 Å². The summed E-state index contributed by atoms with van der Waals surface area (Å²) in [5, 5.41) is 0. The molecule has 0 heterocycles. The van der Waals surface area contributed by atoms with E-state index in [0.717, 1.165) is 44.1 Å². The Morgan fingerprint density at radius 1 is 0.967 bits per heavy atom. The molecule has 0 spiro atoms. The molecule has 3 rings (SSSR count). The van der Waals surface area contributed by atoms with E-state index in [9.17, 15) is 22.4 Å². The monoisotopic (exact) mass is 428 g/mol. The van der Waals surface area contributed by atoms with E-state index in [2.05, 4.69) is 0 Å². The van der Waals surface area contributed by atoms with Gasteiger partial charge in [-0.25, -0.2) is 9.18 Å². The number of benzene rings is 1. The van der Waals surface area contributed by atoms with Crippen molar-refractivity contribution in [3.63, 3.8) is 0 Å². The molecule has 0 saturated heterocycles. The van der Waals surface area contributed by atoms with E-state index in [-0.39, 0.29) is 18.4 Å². The highest BCUT2D eigenvalue weighted by atomic mass is 19.3. The standard InChI is InChI=1S/C24H32F4O2/c25-14-2-1-3-16-4-6-17(7-5-16)19-10-13-21(22(26)15-19)18-8-11-20(12-9-18)30-24(29)23(27)28/h10,13,15-18,20,23H,1-9,11-12,14H2. The molecule has 30 heavy (non-hydrogen) atoms. The van der Waals surface area contributed by atoms with Crippen LogP contribution in [0.1, 0.15) is 93.6 Å². The number of unbranched alkanes of at least 4 members (excludes halogenated alkanes) is 1. The second kappa shape index (κ2) is 11.1. The predicted molar refractivity (Wildman–Crippen MR) is 108 cm³/mol. The van der Waals surface area contributed by atoms with Gasteiger partial charge in [0.2, 0.25) is 0 Å². The molecule has 0 aliphatic heterocycles. The fraction of sp³-hybridized carbons (Fsp3) is 0.708. The Kier molecular flexibility index (Phi) is 8.58. The quantitative estimate of drug-likeness (QED) is 0.251. The maximum atomic E-state index is 14.9. The van der Waals surface area contributed by atoms with Gasteiger partial charge in [0, 0.05) is 0 Å². The highest BCUT2D eigenvalue weighted by Gasteiger charge is 2.29. The van der Waals surface area contributed by atoms with Crippen LogP contribution in [0, 0.1) is 11.7 Å². The maximum absolute atomic E-state index is 14.9. The van der Waals surface area contributed by atoms with Gasteiger partial charge in [-0.15, -0.1) is 0 Å². The molecular formula is C24H32F4O2. The van der Waals surface area contributed by atoms with E-state index in [1.54, 1.807) is 6.07 Å². The largest absolute Gasteiger partial charge is 0.458 e. The zero-order valence-corrected chi connectivity index (χ0v) is 17.4. The van der Waals surface area contributed by atoms with Gasteiger partial charge in [-0.2, -0.15) is 8.78 Å². The molecule has 1 aromatic rings. The van der Waals surface area contributed by atoms with E-state index < -0.39 is 18.5 Å². The summed E-state index contributed by atoms with van der Waals surface area (Å²) in [5.41, 5.74) is 1.73. The van der Waals surface area contributed by atoms with Gasteiger partial charge in [0.05, 0.1) is 6.67 Å². The molecule has 0 atom stereocenters. The van der Waals surface area contributed by atoms with E-state index in [1.165, 1.54) is 0 Å². The molecule has 0 N–H and O–H groups in total. The highest BCUT2D eigenvalue weighted by molar-refractivity contribution is 5.72. The summed E-state index contributed by atoms with van der Waals surface area (Å²) < 4.78 is 56.6. The van der Waals surface area contributed by atoms with Crippen molar-refractivity contribution in [2.45, 2.75) is 95.0 Å². The molecule has 0 radical (unpaired) electrons. The van der Waals surface area contributed by atoms with Crippen LogP contribution in [0.3, 0.4) is 0 Å². The van der Waals surface area contributed by atoms with Crippen molar-refractivity contribution in [2.75, 3.05) is 6.67 Å². The summed E-state index contributed by atoms with van der Waals surface area (Å²) >= 11 is 0. The van der Waals surface area contributed by atoms with Crippen LogP contribution < -0.4 is 0 Å². The smallest absolute Gasteiger partial charge is 0.374 e. The Labute approximate surface area is 176 Å². The molecule has 0 aromatic heterocycles. The lowest BCUT2D eigenvalue weighted by Gasteiger charge is -2.30. The zero-order chi connectivity index (χ0) is 21.5. The van der Waals surface area contributed by atoms with Crippen LogP contribution >= 0.6 is 0 Å². The maximum Gasteiger partial charge on any atom is 0.374 e. The van der Waals surface area contributed by atoms with Gasteiger partial charge in [-0.3, -0.25) is 4.39 Å². The molecule has 2 fully saturated rings. The lowest BCUT2D eigenvalue weighted by Crippen LogP contribution is -2.27. The third-order valence-corrected chi connectivity index (χ3v) is 6.91. The molecule has 2 aliphatic carbocycles. The number of esters is 1. The minimum Gasteiger partial charge on any atom is -0.458 e. The summed E-state index contributed by atoms with van der Waals surface area (Å²) in [6.07, 6.45) is 5.70. The summed E-state index contributed by atoms with van der Waals surface area (Å²) in [6, 6.07) is 5.59. The van der Waals surface area contributed by atoms with Crippen molar-refractivity contribution in [1.29, 1.82) is 0 Å².